The summed E-state index contributed by atoms with van der Waals surface area (Å²) in [5.41, 5.74) is -0.296. The van der Waals surface area contributed by atoms with Crippen LogP contribution in [0.3, 0.4) is 0 Å². The zero-order chi connectivity index (χ0) is 20.3. The van der Waals surface area contributed by atoms with E-state index in [1.807, 2.05) is 0 Å². The highest BCUT2D eigenvalue weighted by molar-refractivity contribution is 7.80. The zero-order valence-corrected chi connectivity index (χ0v) is 15.7. The normalized spacial score (nSPS) is 11.3. The standard InChI is InChI=1S/C18H13ClF4N4S/c19-14-5-3-6-15(20)12(14)10-27-9-11(8-24-27)25-17(28)26-16-7-2-1-4-13(16)18(21,22)23/h1-9H,10H2,(H2,25,26,28). The number of thiocarbonyl (C=S) groups is 1. The number of rotatable bonds is 4. The summed E-state index contributed by atoms with van der Waals surface area (Å²) in [4.78, 5) is 0. The summed E-state index contributed by atoms with van der Waals surface area (Å²) in [5, 5.41) is 9.57. The molecule has 0 spiro atoms. The number of nitrogens with zero attached hydrogens (tertiary/aromatic N) is 2. The lowest BCUT2D eigenvalue weighted by atomic mass is 10.1. The van der Waals surface area contributed by atoms with Crippen molar-refractivity contribution in [3.8, 4) is 0 Å². The summed E-state index contributed by atoms with van der Waals surface area (Å²) in [6, 6.07) is 9.36. The van der Waals surface area contributed by atoms with Crippen LogP contribution in [0.25, 0.3) is 0 Å². The number of benzene rings is 2. The fourth-order valence-electron chi connectivity index (χ4n) is 2.48. The Bertz CT molecular complexity index is 983. The van der Waals surface area contributed by atoms with E-state index in [-0.39, 0.29) is 27.9 Å². The Morgan fingerprint density at radius 3 is 2.57 bits per heavy atom. The van der Waals surface area contributed by atoms with Crippen molar-refractivity contribution in [3.05, 3.63) is 76.8 Å². The highest BCUT2D eigenvalue weighted by Crippen LogP contribution is 2.34. The Balaban J connectivity index is 1.68. The Morgan fingerprint density at radius 1 is 1.11 bits per heavy atom. The highest BCUT2D eigenvalue weighted by atomic mass is 35.5. The van der Waals surface area contributed by atoms with Gasteiger partial charge in [-0.3, -0.25) is 4.68 Å². The Hall–Kier alpha value is -2.65. The molecule has 0 saturated carbocycles. The molecular weight excluding hydrogens is 416 g/mol. The fraction of sp³-hybridized carbons (Fsp3) is 0.111. The van der Waals surface area contributed by atoms with Gasteiger partial charge in [-0.05, 0) is 36.5 Å². The van der Waals surface area contributed by atoms with E-state index in [9.17, 15) is 17.6 Å². The molecule has 2 aromatic carbocycles. The molecule has 146 valence electrons. The molecule has 3 aromatic rings. The first kappa shape index (κ1) is 20.1. The van der Waals surface area contributed by atoms with Crippen molar-refractivity contribution in [2.75, 3.05) is 10.6 Å². The van der Waals surface area contributed by atoms with Crippen LogP contribution in [-0.4, -0.2) is 14.9 Å². The molecule has 0 aliphatic heterocycles. The quantitative estimate of drug-likeness (QED) is 0.422. The highest BCUT2D eigenvalue weighted by Gasteiger charge is 2.33. The van der Waals surface area contributed by atoms with E-state index in [1.165, 1.54) is 47.4 Å². The number of hydrogen-bond acceptors (Lipinski definition) is 2. The van der Waals surface area contributed by atoms with Crippen LogP contribution in [0.15, 0.2) is 54.9 Å². The van der Waals surface area contributed by atoms with Gasteiger partial charge in [0.25, 0.3) is 0 Å². The first-order valence-corrected chi connectivity index (χ1v) is 8.72. The third-order valence-electron chi connectivity index (χ3n) is 3.75. The summed E-state index contributed by atoms with van der Waals surface area (Å²) in [6.07, 6.45) is -1.56. The number of para-hydroxylation sites is 1. The van der Waals surface area contributed by atoms with Crippen molar-refractivity contribution in [2.45, 2.75) is 12.7 Å². The number of hydrogen-bond donors (Lipinski definition) is 2. The molecule has 0 aliphatic rings. The molecule has 0 atom stereocenters. The SMILES string of the molecule is Fc1cccc(Cl)c1Cn1cc(NC(=S)Nc2ccccc2C(F)(F)F)cn1. The molecular formula is C18H13ClF4N4S. The van der Waals surface area contributed by atoms with Crippen LogP contribution in [0.2, 0.25) is 5.02 Å². The van der Waals surface area contributed by atoms with Gasteiger partial charge in [-0.25, -0.2) is 4.39 Å². The summed E-state index contributed by atoms with van der Waals surface area (Å²) >= 11 is 11.1. The third kappa shape index (κ3) is 4.79. The molecule has 3 rings (SSSR count). The molecule has 0 fully saturated rings. The lowest BCUT2D eigenvalue weighted by Gasteiger charge is -2.15. The van der Waals surface area contributed by atoms with Crippen LogP contribution >= 0.6 is 23.8 Å². The minimum atomic E-state index is -4.51. The number of halogens is 5. The molecule has 1 aromatic heterocycles. The van der Waals surface area contributed by atoms with Crippen molar-refractivity contribution in [1.29, 1.82) is 0 Å². The van der Waals surface area contributed by atoms with Crippen LogP contribution in [-0.2, 0) is 12.7 Å². The monoisotopic (exact) mass is 428 g/mol. The summed E-state index contributed by atoms with van der Waals surface area (Å²) in [7, 11) is 0. The molecule has 0 unspecified atom stereocenters. The van der Waals surface area contributed by atoms with Gasteiger partial charge in [-0.2, -0.15) is 18.3 Å². The second-order valence-electron chi connectivity index (χ2n) is 5.75. The minimum Gasteiger partial charge on any atom is -0.332 e. The third-order valence-corrected chi connectivity index (χ3v) is 4.31. The molecule has 0 aliphatic carbocycles. The number of anilines is 2. The molecule has 0 bridgehead atoms. The maximum atomic E-state index is 13.9. The molecule has 0 radical (unpaired) electrons. The second-order valence-corrected chi connectivity index (χ2v) is 6.56. The van der Waals surface area contributed by atoms with Crippen LogP contribution in [0.5, 0.6) is 0 Å². The van der Waals surface area contributed by atoms with Gasteiger partial charge in [0.2, 0.25) is 0 Å². The van der Waals surface area contributed by atoms with Crippen molar-refractivity contribution in [2.24, 2.45) is 0 Å². The Kier molecular flexibility index (Phi) is 5.85. The number of aromatic nitrogens is 2. The summed E-state index contributed by atoms with van der Waals surface area (Å²) in [6.45, 7) is 0.0876. The van der Waals surface area contributed by atoms with Gasteiger partial charge in [0, 0.05) is 16.8 Å². The first-order chi connectivity index (χ1) is 13.2. The lowest BCUT2D eigenvalue weighted by Crippen LogP contribution is -2.21. The molecule has 1 heterocycles. The summed E-state index contributed by atoms with van der Waals surface area (Å²) < 4.78 is 54.4. The van der Waals surface area contributed by atoms with E-state index in [1.54, 1.807) is 6.07 Å². The first-order valence-electron chi connectivity index (χ1n) is 7.93. The fourth-order valence-corrected chi connectivity index (χ4v) is 2.93. The Morgan fingerprint density at radius 2 is 1.86 bits per heavy atom. The average Bonchev–Trinajstić information content (AvgIpc) is 3.04. The zero-order valence-electron chi connectivity index (χ0n) is 14.1. The topological polar surface area (TPSA) is 41.9 Å². The van der Waals surface area contributed by atoms with Gasteiger partial charge in [0.05, 0.1) is 29.7 Å². The molecule has 28 heavy (non-hydrogen) atoms. The van der Waals surface area contributed by atoms with Crippen molar-refractivity contribution < 1.29 is 17.6 Å². The second kappa shape index (κ2) is 8.15. The lowest BCUT2D eigenvalue weighted by molar-refractivity contribution is -0.136. The molecule has 10 heteroatoms. The van der Waals surface area contributed by atoms with E-state index in [0.717, 1.165) is 6.07 Å². The minimum absolute atomic E-state index is 0.0415. The van der Waals surface area contributed by atoms with Crippen molar-refractivity contribution in [1.82, 2.24) is 9.78 Å². The van der Waals surface area contributed by atoms with Gasteiger partial charge in [0.1, 0.15) is 5.82 Å². The van der Waals surface area contributed by atoms with Crippen LogP contribution in [0, 0.1) is 5.82 Å². The molecule has 0 saturated heterocycles. The van der Waals surface area contributed by atoms with Gasteiger partial charge in [0.15, 0.2) is 5.11 Å². The van der Waals surface area contributed by atoms with E-state index in [0.29, 0.717) is 5.69 Å². The van der Waals surface area contributed by atoms with Crippen LogP contribution in [0.1, 0.15) is 11.1 Å². The van der Waals surface area contributed by atoms with Gasteiger partial charge >= 0.3 is 6.18 Å². The van der Waals surface area contributed by atoms with Crippen LogP contribution < -0.4 is 10.6 Å². The van der Waals surface area contributed by atoms with E-state index in [4.69, 9.17) is 23.8 Å². The van der Waals surface area contributed by atoms with E-state index >= 15 is 0 Å². The van der Waals surface area contributed by atoms with Gasteiger partial charge in [-0.15, -0.1) is 0 Å². The predicted molar refractivity (Wildman–Crippen MR) is 104 cm³/mol. The van der Waals surface area contributed by atoms with Crippen LogP contribution in [0.4, 0.5) is 28.9 Å². The average molecular weight is 429 g/mol. The predicted octanol–water partition coefficient (Wildman–Crippen LogP) is 5.55. The number of nitrogens with one attached hydrogen (secondary N) is 2. The van der Waals surface area contributed by atoms with E-state index in [2.05, 4.69) is 15.7 Å². The largest absolute Gasteiger partial charge is 0.418 e. The Labute approximate surface area is 168 Å². The maximum Gasteiger partial charge on any atom is 0.418 e. The van der Waals surface area contributed by atoms with Gasteiger partial charge in [-0.1, -0.05) is 29.8 Å². The van der Waals surface area contributed by atoms with Crippen molar-refractivity contribution >= 4 is 40.3 Å². The smallest absolute Gasteiger partial charge is 0.332 e. The maximum absolute atomic E-state index is 13.9. The molecule has 0 amide bonds. The van der Waals surface area contributed by atoms with E-state index < -0.39 is 17.6 Å². The molecule has 2 N–H and O–H groups in total. The molecule has 4 nitrogen and oxygen atoms in total. The number of alkyl halides is 3. The van der Waals surface area contributed by atoms with Gasteiger partial charge < -0.3 is 10.6 Å². The van der Waals surface area contributed by atoms with Crippen molar-refractivity contribution in [3.63, 3.8) is 0 Å². The summed E-state index contributed by atoms with van der Waals surface area (Å²) in [5.74, 6) is -0.460.